The van der Waals surface area contributed by atoms with E-state index in [-0.39, 0.29) is 0 Å². The van der Waals surface area contributed by atoms with E-state index in [0.717, 1.165) is 0 Å². The number of benzene rings is 7. The molecule has 44 heavy (non-hydrogen) atoms. The second kappa shape index (κ2) is 10.3. The van der Waals surface area contributed by atoms with Crippen molar-refractivity contribution in [3.8, 4) is 44.5 Å². The van der Waals surface area contributed by atoms with Gasteiger partial charge in [0.1, 0.15) is 0 Å². The molecule has 0 saturated carbocycles. The molecule has 0 saturated heterocycles. The maximum absolute atomic E-state index is 2.34. The highest BCUT2D eigenvalue weighted by atomic mass is 32.1. The average Bonchev–Trinajstić information content (AvgIpc) is 3.66. The van der Waals surface area contributed by atoms with Gasteiger partial charge in [-0.05, 0) is 80.9 Å². The van der Waals surface area contributed by atoms with Crippen LogP contribution in [0, 0.1) is 0 Å². The molecule has 9 aromatic rings. The normalized spacial score (nSPS) is 11.6. The Balaban J connectivity index is 1.01. The van der Waals surface area contributed by atoms with Gasteiger partial charge in [-0.3, -0.25) is 0 Å². The highest BCUT2D eigenvalue weighted by Gasteiger charge is 2.10. The predicted octanol–water partition coefficient (Wildman–Crippen LogP) is 13.1. The van der Waals surface area contributed by atoms with Gasteiger partial charge >= 0.3 is 0 Å². The van der Waals surface area contributed by atoms with Gasteiger partial charge in [0.25, 0.3) is 0 Å². The van der Waals surface area contributed by atoms with Crippen LogP contribution in [0.15, 0.2) is 158 Å². The van der Waals surface area contributed by atoms with Gasteiger partial charge in [0, 0.05) is 40.3 Å². The van der Waals surface area contributed by atoms with Gasteiger partial charge in [0.2, 0.25) is 0 Å². The van der Waals surface area contributed by atoms with E-state index in [1.165, 1.54) is 84.9 Å². The third-order valence-corrected chi connectivity index (χ3v) is 11.0. The Hall–Kier alpha value is -5.02. The number of hydrogen-bond acceptors (Lipinski definition) is 2. The fraction of sp³-hybridized carbons (Fsp3) is 0. The zero-order valence-corrected chi connectivity index (χ0v) is 25.5. The van der Waals surface area contributed by atoms with Crippen molar-refractivity contribution < 1.29 is 0 Å². The Bertz CT molecular complexity index is 2320. The molecule has 2 aromatic heterocycles. The minimum absolute atomic E-state index is 1.23. The summed E-state index contributed by atoms with van der Waals surface area (Å²) in [7, 11) is 0. The molecule has 206 valence electrons. The Morgan fingerprint density at radius 2 is 0.568 bits per heavy atom. The van der Waals surface area contributed by atoms with E-state index in [1.807, 2.05) is 22.7 Å². The van der Waals surface area contributed by atoms with Crippen molar-refractivity contribution in [1.82, 2.24) is 0 Å². The fourth-order valence-electron chi connectivity index (χ4n) is 6.42. The van der Waals surface area contributed by atoms with Gasteiger partial charge in [0.15, 0.2) is 0 Å². The Morgan fingerprint density at radius 3 is 1.02 bits per heavy atom. The molecule has 0 bridgehead atoms. The summed E-state index contributed by atoms with van der Waals surface area (Å²) < 4.78 is 5.36. The molecule has 7 aromatic carbocycles. The molecule has 0 spiro atoms. The third-order valence-electron chi connectivity index (χ3n) is 8.70. The average molecular weight is 595 g/mol. The molecule has 0 N–H and O–H groups in total. The zero-order chi connectivity index (χ0) is 29.0. The van der Waals surface area contributed by atoms with Crippen LogP contribution in [0.4, 0.5) is 0 Å². The van der Waals surface area contributed by atoms with Crippen molar-refractivity contribution in [3.63, 3.8) is 0 Å². The summed E-state index contributed by atoms with van der Waals surface area (Å²) in [5.41, 5.74) is 9.92. The molecule has 0 amide bonds. The first-order valence-electron chi connectivity index (χ1n) is 14.9. The van der Waals surface area contributed by atoms with E-state index >= 15 is 0 Å². The molecule has 0 nitrogen and oxygen atoms in total. The van der Waals surface area contributed by atoms with Crippen LogP contribution in [0.25, 0.3) is 84.9 Å². The van der Waals surface area contributed by atoms with Gasteiger partial charge < -0.3 is 0 Å². The van der Waals surface area contributed by atoms with Crippen molar-refractivity contribution in [2.75, 3.05) is 0 Å². The predicted molar refractivity (Wildman–Crippen MR) is 194 cm³/mol. The molecule has 0 aliphatic rings. The van der Waals surface area contributed by atoms with Crippen LogP contribution < -0.4 is 0 Å². The van der Waals surface area contributed by atoms with Crippen molar-refractivity contribution in [2.45, 2.75) is 0 Å². The lowest BCUT2D eigenvalue weighted by atomic mass is 9.95. The van der Waals surface area contributed by atoms with Crippen LogP contribution in [0.1, 0.15) is 0 Å². The lowest BCUT2D eigenvalue weighted by Gasteiger charge is -2.09. The topological polar surface area (TPSA) is 0 Å². The molecule has 0 radical (unpaired) electrons. The quantitative estimate of drug-likeness (QED) is 0.190. The van der Waals surface area contributed by atoms with Crippen LogP contribution in [0.2, 0.25) is 0 Å². The monoisotopic (exact) mass is 594 g/mol. The first kappa shape index (κ1) is 25.5. The molecule has 9 rings (SSSR count). The SMILES string of the molecule is c1cc(-c2ccc(-c3cccc(-c4ccc5c(c4)sc4ccccc45)c3)cc2)cc(-c2ccc3c(c2)sc2ccccc23)c1. The van der Waals surface area contributed by atoms with Gasteiger partial charge in [-0.25, -0.2) is 0 Å². The highest BCUT2D eigenvalue weighted by molar-refractivity contribution is 7.26. The van der Waals surface area contributed by atoms with Crippen molar-refractivity contribution in [1.29, 1.82) is 0 Å². The maximum Gasteiger partial charge on any atom is 0.0361 e. The van der Waals surface area contributed by atoms with E-state index in [1.54, 1.807) is 0 Å². The summed E-state index contributed by atoms with van der Waals surface area (Å²) in [5.74, 6) is 0. The lowest BCUT2D eigenvalue weighted by Crippen LogP contribution is -1.84. The molecule has 2 heterocycles. The third kappa shape index (κ3) is 4.34. The standard InChI is InChI=1S/C42H26S2/c1-3-13-39-35(11-1)37-21-19-33(25-41(37)43-39)31-9-5-7-29(23-31)27-15-17-28(18-16-27)30-8-6-10-32(24-30)34-20-22-38-36-12-2-4-14-40(36)44-42(38)26-34/h1-26H. The first-order chi connectivity index (χ1) is 21.8. The molecule has 0 aliphatic carbocycles. The van der Waals surface area contributed by atoms with Crippen molar-refractivity contribution in [3.05, 3.63) is 158 Å². The van der Waals surface area contributed by atoms with Crippen LogP contribution in [-0.4, -0.2) is 0 Å². The summed E-state index contributed by atoms with van der Waals surface area (Å²) >= 11 is 3.74. The summed E-state index contributed by atoms with van der Waals surface area (Å²) in [6.45, 7) is 0. The van der Waals surface area contributed by atoms with E-state index in [2.05, 4.69) is 158 Å². The Morgan fingerprint density at radius 1 is 0.227 bits per heavy atom. The number of hydrogen-bond donors (Lipinski definition) is 0. The summed E-state index contributed by atoms with van der Waals surface area (Å²) in [6, 6.07) is 57.9. The second-order valence-corrected chi connectivity index (χ2v) is 13.5. The molecule has 0 aliphatic heterocycles. The molecule has 0 atom stereocenters. The summed E-state index contributed by atoms with van der Waals surface area (Å²) in [5, 5.41) is 5.36. The molecular formula is C42H26S2. The largest absolute Gasteiger partial charge is 0.135 e. The Labute approximate surface area is 264 Å². The highest BCUT2D eigenvalue weighted by Crippen LogP contribution is 2.39. The van der Waals surface area contributed by atoms with Gasteiger partial charge in [-0.2, -0.15) is 0 Å². The summed E-state index contributed by atoms with van der Waals surface area (Å²) in [4.78, 5) is 0. The van der Waals surface area contributed by atoms with E-state index in [9.17, 15) is 0 Å². The van der Waals surface area contributed by atoms with Crippen LogP contribution >= 0.6 is 22.7 Å². The van der Waals surface area contributed by atoms with E-state index in [4.69, 9.17) is 0 Å². The molecular weight excluding hydrogens is 569 g/mol. The number of rotatable bonds is 4. The van der Waals surface area contributed by atoms with Crippen LogP contribution in [0.3, 0.4) is 0 Å². The number of fused-ring (bicyclic) bond motifs is 6. The Kier molecular flexibility index (Phi) is 5.97. The van der Waals surface area contributed by atoms with Crippen molar-refractivity contribution >= 4 is 63.0 Å². The van der Waals surface area contributed by atoms with Crippen LogP contribution in [0.5, 0.6) is 0 Å². The van der Waals surface area contributed by atoms with Crippen LogP contribution in [-0.2, 0) is 0 Å². The van der Waals surface area contributed by atoms with Gasteiger partial charge in [-0.15, -0.1) is 22.7 Å². The van der Waals surface area contributed by atoms with E-state index in [0.29, 0.717) is 0 Å². The molecule has 0 fully saturated rings. The minimum atomic E-state index is 1.23. The smallest absolute Gasteiger partial charge is 0.0361 e. The van der Waals surface area contributed by atoms with Crippen molar-refractivity contribution in [2.24, 2.45) is 0 Å². The molecule has 0 unspecified atom stereocenters. The van der Waals surface area contributed by atoms with Gasteiger partial charge in [-0.1, -0.05) is 121 Å². The summed E-state index contributed by atoms with van der Waals surface area (Å²) in [6.07, 6.45) is 0. The number of thiophene rings is 2. The first-order valence-corrected chi connectivity index (χ1v) is 16.5. The van der Waals surface area contributed by atoms with E-state index < -0.39 is 0 Å². The zero-order valence-electron chi connectivity index (χ0n) is 23.8. The lowest BCUT2D eigenvalue weighted by molar-refractivity contribution is 1.58. The maximum atomic E-state index is 2.34. The minimum Gasteiger partial charge on any atom is -0.135 e. The molecule has 2 heteroatoms. The second-order valence-electron chi connectivity index (χ2n) is 11.4. The fourth-order valence-corrected chi connectivity index (χ4v) is 8.71. The van der Waals surface area contributed by atoms with Gasteiger partial charge in [0.05, 0.1) is 0 Å².